The highest BCUT2D eigenvalue weighted by atomic mass is 16.2. The molecule has 0 aromatic heterocycles. The minimum absolute atomic E-state index is 0.275. The molecule has 0 spiro atoms. The molecule has 102 valence electrons. The fourth-order valence-corrected chi connectivity index (χ4v) is 3.44. The van der Waals surface area contributed by atoms with Crippen LogP contribution in [-0.4, -0.2) is 23.9 Å². The van der Waals surface area contributed by atoms with Crippen molar-refractivity contribution < 1.29 is 4.79 Å². The van der Waals surface area contributed by atoms with Crippen molar-refractivity contribution in [2.45, 2.75) is 40.5 Å². The van der Waals surface area contributed by atoms with Gasteiger partial charge in [-0.15, -0.1) is 0 Å². The number of nitrogens with zero attached hydrogens (tertiary/aromatic N) is 1. The normalized spacial score (nSPS) is 29.6. The van der Waals surface area contributed by atoms with Crippen LogP contribution in [0.25, 0.3) is 0 Å². The average molecular weight is 249 g/mol. The molecule has 0 saturated heterocycles. The van der Waals surface area contributed by atoms with Crippen LogP contribution in [0.1, 0.15) is 40.5 Å². The van der Waals surface area contributed by atoms with Crippen molar-refractivity contribution in [2.75, 3.05) is 13.1 Å². The summed E-state index contributed by atoms with van der Waals surface area (Å²) in [5.74, 6) is 3.02. The Morgan fingerprint density at radius 1 is 1.11 bits per heavy atom. The van der Waals surface area contributed by atoms with Crippen molar-refractivity contribution in [3.8, 4) is 0 Å². The van der Waals surface area contributed by atoms with Gasteiger partial charge in [-0.3, -0.25) is 4.79 Å². The van der Waals surface area contributed by atoms with E-state index in [-0.39, 0.29) is 5.92 Å². The maximum Gasteiger partial charge on any atom is 0.226 e. The van der Waals surface area contributed by atoms with Gasteiger partial charge in [-0.1, -0.05) is 39.8 Å². The highest BCUT2D eigenvalue weighted by Crippen LogP contribution is 2.44. The lowest BCUT2D eigenvalue weighted by Crippen LogP contribution is -2.41. The summed E-state index contributed by atoms with van der Waals surface area (Å²) in [6.07, 6.45) is 6.89. The third-order valence-corrected chi connectivity index (χ3v) is 4.08. The Kier molecular flexibility index (Phi) is 4.14. The first-order chi connectivity index (χ1) is 8.47. The number of carbonyl (C=O) groups is 1. The summed E-state index contributed by atoms with van der Waals surface area (Å²) in [6, 6.07) is 0. The first kappa shape index (κ1) is 13.6. The Morgan fingerprint density at radius 2 is 1.72 bits per heavy atom. The highest BCUT2D eigenvalue weighted by molar-refractivity contribution is 5.80. The van der Waals surface area contributed by atoms with Gasteiger partial charge >= 0.3 is 0 Å². The molecule has 0 aromatic rings. The quantitative estimate of drug-likeness (QED) is 0.684. The van der Waals surface area contributed by atoms with Crippen molar-refractivity contribution in [1.82, 2.24) is 4.90 Å². The van der Waals surface area contributed by atoms with Crippen LogP contribution in [0.5, 0.6) is 0 Å². The topological polar surface area (TPSA) is 20.3 Å². The van der Waals surface area contributed by atoms with Gasteiger partial charge in [0.05, 0.1) is 0 Å². The van der Waals surface area contributed by atoms with Gasteiger partial charge in [0, 0.05) is 19.0 Å². The third-order valence-electron chi connectivity index (χ3n) is 4.08. The lowest BCUT2D eigenvalue weighted by atomic mass is 9.91. The predicted octanol–water partition coefficient (Wildman–Crippen LogP) is 3.34. The monoisotopic (exact) mass is 249 g/mol. The molecule has 0 aromatic carbocycles. The van der Waals surface area contributed by atoms with E-state index >= 15 is 0 Å². The second-order valence-corrected chi connectivity index (χ2v) is 6.92. The van der Waals surface area contributed by atoms with E-state index < -0.39 is 0 Å². The Labute approximate surface area is 111 Å². The molecule has 0 aliphatic heterocycles. The van der Waals surface area contributed by atoms with E-state index in [2.05, 4.69) is 44.7 Å². The summed E-state index contributed by atoms with van der Waals surface area (Å²) in [5.41, 5.74) is 0. The second kappa shape index (κ2) is 5.46. The lowest BCUT2D eigenvalue weighted by Gasteiger charge is -2.31. The van der Waals surface area contributed by atoms with Gasteiger partial charge in [-0.05, 0) is 36.5 Å². The zero-order valence-electron chi connectivity index (χ0n) is 12.2. The first-order valence-corrected chi connectivity index (χ1v) is 7.44. The van der Waals surface area contributed by atoms with Crippen molar-refractivity contribution in [3.63, 3.8) is 0 Å². The molecule has 1 fully saturated rings. The molecule has 2 heteroatoms. The van der Waals surface area contributed by atoms with Crippen molar-refractivity contribution in [2.24, 2.45) is 29.6 Å². The van der Waals surface area contributed by atoms with E-state index in [9.17, 15) is 4.79 Å². The summed E-state index contributed by atoms with van der Waals surface area (Å²) in [5, 5.41) is 0. The molecular formula is C16H27NO. The standard InChI is InChI=1S/C16H27NO/c1-11(2)9-17(10-12(3)4)16(18)15-8-13-5-6-14(15)7-13/h5-6,11-15H,7-10H2,1-4H3. The summed E-state index contributed by atoms with van der Waals surface area (Å²) in [4.78, 5) is 14.8. The van der Waals surface area contributed by atoms with Crippen molar-refractivity contribution in [3.05, 3.63) is 12.2 Å². The average Bonchev–Trinajstić information content (AvgIpc) is 2.87. The fraction of sp³-hybridized carbons (Fsp3) is 0.812. The highest BCUT2D eigenvalue weighted by Gasteiger charge is 2.41. The number of hydrogen-bond donors (Lipinski definition) is 0. The number of carbonyl (C=O) groups excluding carboxylic acids is 1. The van der Waals surface area contributed by atoms with Crippen LogP contribution < -0.4 is 0 Å². The van der Waals surface area contributed by atoms with E-state index in [4.69, 9.17) is 0 Å². The van der Waals surface area contributed by atoms with E-state index in [0.29, 0.717) is 29.6 Å². The lowest BCUT2D eigenvalue weighted by molar-refractivity contribution is -0.137. The van der Waals surface area contributed by atoms with Crippen LogP contribution in [0.15, 0.2) is 12.2 Å². The van der Waals surface area contributed by atoms with Gasteiger partial charge in [-0.2, -0.15) is 0 Å². The number of rotatable bonds is 5. The predicted molar refractivity (Wildman–Crippen MR) is 75.1 cm³/mol. The molecule has 0 radical (unpaired) electrons. The Hall–Kier alpha value is -0.790. The SMILES string of the molecule is CC(C)CN(CC(C)C)C(=O)C1CC2C=CC1C2. The van der Waals surface area contributed by atoms with Gasteiger partial charge in [0.25, 0.3) is 0 Å². The van der Waals surface area contributed by atoms with Crippen molar-refractivity contribution in [1.29, 1.82) is 0 Å². The third kappa shape index (κ3) is 2.96. The first-order valence-electron chi connectivity index (χ1n) is 7.44. The van der Waals surface area contributed by atoms with Crippen LogP contribution in [-0.2, 0) is 4.79 Å². The molecule has 2 bridgehead atoms. The molecule has 2 aliphatic carbocycles. The number of allylic oxidation sites excluding steroid dienone is 2. The molecule has 0 N–H and O–H groups in total. The molecule has 2 aliphatic rings. The molecule has 1 amide bonds. The van der Waals surface area contributed by atoms with E-state index in [1.807, 2.05) is 0 Å². The van der Waals surface area contributed by atoms with Crippen LogP contribution in [0.2, 0.25) is 0 Å². The van der Waals surface area contributed by atoms with E-state index in [0.717, 1.165) is 19.5 Å². The summed E-state index contributed by atoms with van der Waals surface area (Å²) in [6.45, 7) is 10.6. The van der Waals surface area contributed by atoms with Crippen LogP contribution >= 0.6 is 0 Å². The summed E-state index contributed by atoms with van der Waals surface area (Å²) >= 11 is 0. The van der Waals surface area contributed by atoms with Crippen LogP contribution in [0.4, 0.5) is 0 Å². The van der Waals surface area contributed by atoms with Gasteiger partial charge in [0.15, 0.2) is 0 Å². The Balaban J connectivity index is 2.01. The molecule has 3 unspecified atom stereocenters. The maximum absolute atomic E-state index is 12.7. The Morgan fingerprint density at radius 3 is 2.11 bits per heavy atom. The molecular weight excluding hydrogens is 222 g/mol. The molecule has 0 heterocycles. The minimum Gasteiger partial charge on any atom is -0.342 e. The Bertz CT molecular complexity index is 322. The molecule has 1 saturated carbocycles. The maximum atomic E-state index is 12.7. The van der Waals surface area contributed by atoms with Crippen LogP contribution in [0.3, 0.4) is 0 Å². The molecule has 18 heavy (non-hydrogen) atoms. The smallest absolute Gasteiger partial charge is 0.226 e. The van der Waals surface area contributed by atoms with Gasteiger partial charge in [-0.25, -0.2) is 0 Å². The molecule has 2 rings (SSSR count). The van der Waals surface area contributed by atoms with E-state index in [1.165, 1.54) is 6.42 Å². The van der Waals surface area contributed by atoms with Gasteiger partial charge < -0.3 is 4.90 Å². The largest absolute Gasteiger partial charge is 0.342 e. The van der Waals surface area contributed by atoms with E-state index in [1.54, 1.807) is 0 Å². The second-order valence-electron chi connectivity index (χ2n) is 6.92. The molecule has 2 nitrogen and oxygen atoms in total. The minimum atomic E-state index is 0.275. The summed E-state index contributed by atoms with van der Waals surface area (Å²) < 4.78 is 0. The number of amides is 1. The zero-order valence-corrected chi connectivity index (χ0v) is 12.2. The number of fused-ring (bicyclic) bond motifs is 2. The van der Waals surface area contributed by atoms with Gasteiger partial charge in [0.1, 0.15) is 0 Å². The van der Waals surface area contributed by atoms with Gasteiger partial charge in [0.2, 0.25) is 5.91 Å². The molecule has 3 atom stereocenters. The fourth-order valence-electron chi connectivity index (χ4n) is 3.44. The van der Waals surface area contributed by atoms with Crippen molar-refractivity contribution >= 4 is 5.91 Å². The number of hydrogen-bond acceptors (Lipinski definition) is 1. The zero-order chi connectivity index (χ0) is 13.3. The van der Waals surface area contributed by atoms with Crippen LogP contribution in [0, 0.1) is 29.6 Å². The summed E-state index contributed by atoms with van der Waals surface area (Å²) in [7, 11) is 0.